The summed E-state index contributed by atoms with van der Waals surface area (Å²) in [6.07, 6.45) is 0. The van der Waals surface area contributed by atoms with Gasteiger partial charge in [-0.25, -0.2) is 4.90 Å². The van der Waals surface area contributed by atoms with Crippen LogP contribution in [0.2, 0.25) is 0 Å². The van der Waals surface area contributed by atoms with Gasteiger partial charge < -0.3 is 10.1 Å². The molecule has 1 aliphatic rings. The molecule has 0 radical (unpaired) electrons. The highest BCUT2D eigenvalue weighted by molar-refractivity contribution is 6.46. The van der Waals surface area contributed by atoms with Gasteiger partial charge in [0.2, 0.25) is 0 Å². The fourth-order valence-corrected chi connectivity index (χ4v) is 4.08. The van der Waals surface area contributed by atoms with Gasteiger partial charge in [0.25, 0.3) is 11.8 Å². The summed E-state index contributed by atoms with van der Waals surface area (Å²) in [5.41, 5.74) is 2.56. The third kappa shape index (κ3) is 3.74. The second-order valence-corrected chi connectivity index (χ2v) is 7.64. The Kier molecular flexibility index (Phi) is 5.37. The molecule has 1 N–H and O–H groups in total. The Hall–Kier alpha value is -4.38. The van der Waals surface area contributed by atoms with Crippen LogP contribution in [-0.4, -0.2) is 18.4 Å². The number of hydrogen-bond donors (Lipinski definition) is 1. The first-order chi connectivity index (χ1) is 16.2. The van der Waals surface area contributed by atoms with Crippen molar-refractivity contribution in [2.45, 2.75) is 6.92 Å². The second kappa shape index (κ2) is 8.63. The topological polar surface area (TPSA) is 58.6 Å². The lowest BCUT2D eigenvalue weighted by atomic mass is 10.0. The minimum absolute atomic E-state index is 0.261. The average Bonchev–Trinajstić information content (AvgIpc) is 3.10. The molecule has 4 aromatic carbocycles. The van der Waals surface area contributed by atoms with Gasteiger partial charge in [0.15, 0.2) is 0 Å². The number of carbonyl (C=O) groups is 2. The number of amides is 2. The van der Waals surface area contributed by atoms with Crippen LogP contribution in [0.4, 0.5) is 11.4 Å². The molecule has 0 fully saturated rings. The highest BCUT2D eigenvalue weighted by atomic mass is 16.5. The Morgan fingerprint density at radius 1 is 0.758 bits per heavy atom. The predicted octanol–water partition coefficient (Wildman–Crippen LogP) is 5.64. The van der Waals surface area contributed by atoms with Gasteiger partial charge in [-0.15, -0.1) is 0 Å². The Morgan fingerprint density at radius 2 is 1.45 bits per heavy atom. The lowest BCUT2D eigenvalue weighted by Gasteiger charge is -2.16. The van der Waals surface area contributed by atoms with Crippen molar-refractivity contribution in [1.82, 2.24) is 0 Å². The zero-order chi connectivity index (χ0) is 22.8. The van der Waals surface area contributed by atoms with Crippen molar-refractivity contribution in [1.29, 1.82) is 0 Å². The van der Waals surface area contributed by atoms with Crippen LogP contribution >= 0.6 is 0 Å². The summed E-state index contributed by atoms with van der Waals surface area (Å²) in [7, 11) is 0. The van der Waals surface area contributed by atoms with E-state index in [9.17, 15) is 9.59 Å². The first kappa shape index (κ1) is 20.5. The molecule has 1 aliphatic heterocycles. The van der Waals surface area contributed by atoms with Crippen LogP contribution in [0, 0.1) is 0 Å². The second-order valence-electron chi connectivity index (χ2n) is 7.64. The zero-order valence-electron chi connectivity index (χ0n) is 18.1. The maximum atomic E-state index is 13.6. The quantitative estimate of drug-likeness (QED) is 0.399. The summed E-state index contributed by atoms with van der Waals surface area (Å²) < 4.78 is 5.50. The minimum atomic E-state index is -0.393. The Morgan fingerprint density at radius 3 is 2.21 bits per heavy atom. The monoisotopic (exact) mass is 434 g/mol. The first-order valence-electron chi connectivity index (χ1n) is 10.8. The third-order valence-corrected chi connectivity index (χ3v) is 5.60. The summed E-state index contributed by atoms with van der Waals surface area (Å²) in [6.45, 7) is 2.45. The first-order valence-corrected chi connectivity index (χ1v) is 10.8. The number of fused-ring (bicyclic) bond motifs is 1. The fourth-order valence-electron chi connectivity index (χ4n) is 4.08. The van der Waals surface area contributed by atoms with Crippen LogP contribution in [0.5, 0.6) is 5.75 Å². The SMILES string of the molecule is CCOc1ccc(N2C(=O)C(Nc3cccc4ccccc34)=C(c3ccccc3)C2=O)cc1. The number of anilines is 2. The molecular weight excluding hydrogens is 412 g/mol. The number of benzene rings is 4. The van der Waals surface area contributed by atoms with Gasteiger partial charge >= 0.3 is 0 Å². The van der Waals surface area contributed by atoms with E-state index >= 15 is 0 Å². The molecule has 162 valence electrons. The average molecular weight is 434 g/mol. The molecule has 33 heavy (non-hydrogen) atoms. The molecule has 5 rings (SSSR count). The normalized spacial score (nSPS) is 13.7. The minimum Gasteiger partial charge on any atom is -0.494 e. The van der Waals surface area contributed by atoms with E-state index in [1.807, 2.05) is 79.7 Å². The molecule has 0 saturated carbocycles. The van der Waals surface area contributed by atoms with Crippen LogP contribution in [0.25, 0.3) is 16.3 Å². The lowest BCUT2D eigenvalue weighted by molar-refractivity contribution is -0.120. The summed E-state index contributed by atoms with van der Waals surface area (Å²) >= 11 is 0. The molecule has 0 atom stereocenters. The van der Waals surface area contributed by atoms with Crippen molar-refractivity contribution in [3.8, 4) is 5.75 Å². The van der Waals surface area contributed by atoms with Crippen LogP contribution in [0.1, 0.15) is 12.5 Å². The van der Waals surface area contributed by atoms with Crippen molar-refractivity contribution < 1.29 is 14.3 Å². The number of hydrogen-bond acceptors (Lipinski definition) is 4. The summed E-state index contributed by atoms with van der Waals surface area (Å²) in [5, 5.41) is 5.30. The molecule has 0 saturated heterocycles. The van der Waals surface area contributed by atoms with E-state index in [0.717, 1.165) is 16.5 Å². The predicted molar refractivity (Wildman–Crippen MR) is 131 cm³/mol. The lowest BCUT2D eigenvalue weighted by Crippen LogP contribution is -2.32. The summed E-state index contributed by atoms with van der Waals surface area (Å²) in [5.74, 6) is -0.0697. The van der Waals surface area contributed by atoms with E-state index < -0.39 is 5.91 Å². The standard InChI is InChI=1S/C28H22N2O3/c1-2-33-22-17-15-21(16-18-22)30-27(31)25(20-10-4-3-5-11-20)26(28(30)32)29-24-14-8-12-19-9-6-7-13-23(19)24/h3-18,29H,2H2,1H3. The van der Waals surface area contributed by atoms with Gasteiger partial charge in [-0.2, -0.15) is 0 Å². The van der Waals surface area contributed by atoms with Gasteiger partial charge in [-0.3, -0.25) is 9.59 Å². The van der Waals surface area contributed by atoms with Gasteiger partial charge in [0.1, 0.15) is 11.4 Å². The number of nitrogens with one attached hydrogen (secondary N) is 1. The zero-order valence-corrected chi connectivity index (χ0v) is 18.1. The van der Waals surface area contributed by atoms with Crippen molar-refractivity contribution in [3.63, 3.8) is 0 Å². The molecule has 4 aromatic rings. The molecular formula is C28H22N2O3. The molecule has 1 heterocycles. The van der Waals surface area contributed by atoms with Crippen LogP contribution in [0.3, 0.4) is 0 Å². The van der Waals surface area contributed by atoms with E-state index in [-0.39, 0.29) is 11.6 Å². The summed E-state index contributed by atoms with van der Waals surface area (Å²) in [6, 6.07) is 30.0. The fraction of sp³-hybridized carbons (Fsp3) is 0.0714. The highest BCUT2D eigenvalue weighted by Gasteiger charge is 2.40. The highest BCUT2D eigenvalue weighted by Crippen LogP contribution is 2.35. The molecule has 0 unspecified atom stereocenters. The molecule has 0 aliphatic carbocycles. The van der Waals surface area contributed by atoms with Crippen molar-refractivity contribution >= 4 is 39.5 Å². The van der Waals surface area contributed by atoms with Gasteiger partial charge in [-0.05, 0) is 48.2 Å². The molecule has 0 aromatic heterocycles. The molecule has 5 nitrogen and oxygen atoms in total. The van der Waals surface area contributed by atoms with E-state index in [1.165, 1.54) is 4.90 Å². The number of ether oxygens (including phenoxy) is 1. The number of nitrogens with zero attached hydrogens (tertiary/aromatic N) is 1. The number of carbonyl (C=O) groups excluding carboxylic acids is 2. The van der Waals surface area contributed by atoms with Crippen molar-refractivity contribution in [3.05, 3.63) is 108 Å². The molecule has 5 heteroatoms. The summed E-state index contributed by atoms with van der Waals surface area (Å²) in [4.78, 5) is 28.4. The van der Waals surface area contributed by atoms with Crippen LogP contribution in [-0.2, 0) is 9.59 Å². The largest absolute Gasteiger partial charge is 0.494 e. The Labute approximate surface area is 191 Å². The van der Waals surface area contributed by atoms with Crippen LogP contribution < -0.4 is 15.0 Å². The van der Waals surface area contributed by atoms with E-state index in [1.54, 1.807) is 24.3 Å². The van der Waals surface area contributed by atoms with E-state index in [0.29, 0.717) is 29.2 Å². The van der Waals surface area contributed by atoms with Crippen molar-refractivity contribution in [2.75, 3.05) is 16.8 Å². The Bertz CT molecular complexity index is 1370. The van der Waals surface area contributed by atoms with Crippen LogP contribution in [0.15, 0.2) is 103 Å². The smallest absolute Gasteiger partial charge is 0.282 e. The maximum Gasteiger partial charge on any atom is 0.282 e. The molecule has 0 bridgehead atoms. The van der Waals surface area contributed by atoms with Crippen molar-refractivity contribution in [2.24, 2.45) is 0 Å². The number of rotatable bonds is 6. The molecule has 0 spiro atoms. The van der Waals surface area contributed by atoms with E-state index in [4.69, 9.17) is 4.74 Å². The third-order valence-electron chi connectivity index (χ3n) is 5.60. The van der Waals surface area contributed by atoms with E-state index in [2.05, 4.69) is 5.32 Å². The number of imide groups is 1. The van der Waals surface area contributed by atoms with Gasteiger partial charge in [-0.1, -0.05) is 66.7 Å². The Balaban J connectivity index is 1.60. The molecule has 2 amide bonds. The van der Waals surface area contributed by atoms with Gasteiger partial charge in [0, 0.05) is 11.1 Å². The maximum absolute atomic E-state index is 13.6. The van der Waals surface area contributed by atoms with Gasteiger partial charge in [0.05, 0.1) is 17.9 Å².